The molecule has 2 aromatic heterocycles. The van der Waals surface area contributed by atoms with Crippen LogP contribution in [0, 0.1) is 5.82 Å². The van der Waals surface area contributed by atoms with E-state index in [0.29, 0.717) is 41.3 Å². The van der Waals surface area contributed by atoms with Crippen molar-refractivity contribution in [1.29, 1.82) is 0 Å². The zero-order chi connectivity index (χ0) is 24.7. The quantitative estimate of drug-likeness (QED) is 0.404. The second kappa shape index (κ2) is 11.4. The summed E-state index contributed by atoms with van der Waals surface area (Å²) in [4.78, 5) is 19.0. The van der Waals surface area contributed by atoms with Crippen LogP contribution in [-0.2, 0) is 13.2 Å². The number of H-pyrrole nitrogens is 1. The highest BCUT2D eigenvalue weighted by atomic mass is 19.1. The SMILES string of the molecule is CC.CCOc1cc(C(=O)N(C)Cc2cnc(CO)c3cn[nH]c23)ccc1-c1cccc(F)c1. The molecule has 4 aromatic rings. The van der Waals surface area contributed by atoms with E-state index in [2.05, 4.69) is 15.2 Å². The molecule has 0 bridgehead atoms. The number of halogens is 1. The fourth-order valence-corrected chi connectivity index (χ4v) is 3.66. The summed E-state index contributed by atoms with van der Waals surface area (Å²) in [6.07, 6.45) is 3.24. The number of aromatic nitrogens is 3. The average molecular weight is 465 g/mol. The highest BCUT2D eigenvalue weighted by Crippen LogP contribution is 2.32. The lowest BCUT2D eigenvalue weighted by atomic mass is 10.0. The fourth-order valence-electron chi connectivity index (χ4n) is 3.66. The van der Waals surface area contributed by atoms with Crippen molar-refractivity contribution in [3.8, 4) is 16.9 Å². The Morgan fingerprint density at radius 3 is 2.68 bits per heavy atom. The predicted molar refractivity (Wildman–Crippen MR) is 130 cm³/mol. The minimum atomic E-state index is -0.337. The number of nitrogens with zero attached hydrogens (tertiary/aromatic N) is 3. The van der Waals surface area contributed by atoms with Gasteiger partial charge in [-0.05, 0) is 42.8 Å². The number of fused-ring (bicyclic) bond motifs is 1. The summed E-state index contributed by atoms with van der Waals surface area (Å²) in [5.74, 6) is -0.0197. The van der Waals surface area contributed by atoms with E-state index < -0.39 is 0 Å². The van der Waals surface area contributed by atoms with Crippen molar-refractivity contribution >= 4 is 16.8 Å². The molecule has 0 aliphatic rings. The van der Waals surface area contributed by atoms with Crippen molar-refractivity contribution < 1.29 is 19.0 Å². The Balaban J connectivity index is 0.00000158. The number of pyridine rings is 1. The molecule has 2 heterocycles. The van der Waals surface area contributed by atoms with Gasteiger partial charge in [0.2, 0.25) is 0 Å². The highest BCUT2D eigenvalue weighted by Gasteiger charge is 2.18. The second-order valence-corrected chi connectivity index (χ2v) is 7.36. The van der Waals surface area contributed by atoms with Gasteiger partial charge in [-0.25, -0.2) is 4.39 Å². The molecule has 0 atom stereocenters. The number of benzene rings is 2. The summed E-state index contributed by atoms with van der Waals surface area (Å²) >= 11 is 0. The van der Waals surface area contributed by atoms with Gasteiger partial charge < -0.3 is 14.7 Å². The summed E-state index contributed by atoms with van der Waals surface area (Å²) < 4.78 is 19.5. The Labute approximate surface area is 198 Å². The minimum absolute atomic E-state index is 0.192. The summed E-state index contributed by atoms with van der Waals surface area (Å²) in [7, 11) is 1.70. The molecular formula is C26H29FN4O3. The number of hydrogen-bond acceptors (Lipinski definition) is 5. The number of ether oxygens (including phenoxy) is 1. The van der Waals surface area contributed by atoms with Crippen LogP contribution in [0.1, 0.15) is 42.4 Å². The molecule has 0 spiro atoms. The number of amides is 1. The standard InChI is InChI=1S/C24H23FN4O3.C2H6/c1-3-32-22-10-16(7-8-19(22)15-5-4-6-18(25)9-15)24(31)29(2)13-17-11-26-21(14-30)20-12-27-28-23(17)20;1-2/h4-12,30H,3,13-14H2,1-2H3,(H,27,28);1-2H3. The van der Waals surface area contributed by atoms with Crippen molar-refractivity contribution in [3.63, 3.8) is 0 Å². The smallest absolute Gasteiger partial charge is 0.254 e. The molecule has 0 aliphatic heterocycles. The number of aromatic amines is 1. The van der Waals surface area contributed by atoms with Gasteiger partial charge in [0.15, 0.2) is 0 Å². The summed E-state index contributed by atoms with van der Waals surface area (Å²) in [6, 6.07) is 11.4. The zero-order valence-corrected chi connectivity index (χ0v) is 19.8. The second-order valence-electron chi connectivity index (χ2n) is 7.36. The number of carbonyl (C=O) groups is 1. The van der Waals surface area contributed by atoms with Gasteiger partial charge in [-0.15, -0.1) is 0 Å². The maximum Gasteiger partial charge on any atom is 0.254 e. The van der Waals surface area contributed by atoms with Crippen LogP contribution in [0.15, 0.2) is 54.9 Å². The molecule has 0 saturated heterocycles. The maximum absolute atomic E-state index is 13.7. The van der Waals surface area contributed by atoms with Crippen molar-refractivity contribution in [2.24, 2.45) is 0 Å². The first-order valence-corrected chi connectivity index (χ1v) is 11.2. The molecule has 0 fully saturated rings. The predicted octanol–water partition coefficient (Wildman–Crippen LogP) is 4.95. The van der Waals surface area contributed by atoms with Gasteiger partial charge in [-0.3, -0.25) is 14.9 Å². The molecule has 0 saturated carbocycles. The van der Waals surface area contributed by atoms with Gasteiger partial charge in [0.05, 0.1) is 30.6 Å². The Hall–Kier alpha value is -3.78. The Morgan fingerprint density at radius 1 is 1.18 bits per heavy atom. The first-order valence-electron chi connectivity index (χ1n) is 11.2. The lowest BCUT2D eigenvalue weighted by molar-refractivity contribution is 0.0785. The molecule has 0 aliphatic carbocycles. The molecule has 0 radical (unpaired) electrons. The number of aliphatic hydroxyl groups is 1. The molecule has 1 amide bonds. The van der Waals surface area contributed by atoms with E-state index in [0.717, 1.165) is 16.5 Å². The number of rotatable bonds is 7. The van der Waals surface area contributed by atoms with Crippen molar-refractivity contribution in [3.05, 3.63) is 77.5 Å². The van der Waals surface area contributed by atoms with Crippen LogP contribution in [-0.4, -0.2) is 44.7 Å². The largest absolute Gasteiger partial charge is 0.493 e. The zero-order valence-electron chi connectivity index (χ0n) is 19.8. The lowest BCUT2D eigenvalue weighted by Gasteiger charge is -2.19. The molecule has 0 unspecified atom stereocenters. The van der Waals surface area contributed by atoms with Crippen molar-refractivity contribution in [2.75, 3.05) is 13.7 Å². The molecule has 2 aromatic carbocycles. The fraction of sp³-hybridized carbons (Fsp3) is 0.269. The van der Waals surface area contributed by atoms with Crippen molar-refractivity contribution in [2.45, 2.75) is 33.9 Å². The summed E-state index contributed by atoms with van der Waals surface area (Å²) in [5, 5.41) is 17.1. The van der Waals surface area contributed by atoms with E-state index >= 15 is 0 Å². The van der Waals surface area contributed by atoms with E-state index in [1.54, 1.807) is 54.7 Å². The molecular weight excluding hydrogens is 435 g/mol. The summed E-state index contributed by atoms with van der Waals surface area (Å²) in [6.45, 7) is 6.37. The van der Waals surface area contributed by atoms with Crippen LogP contribution in [0.5, 0.6) is 5.75 Å². The first-order chi connectivity index (χ1) is 16.5. The van der Waals surface area contributed by atoms with Crippen LogP contribution in [0.4, 0.5) is 4.39 Å². The van der Waals surface area contributed by atoms with Crippen LogP contribution >= 0.6 is 0 Å². The van der Waals surface area contributed by atoms with Crippen LogP contribution in [0.25, 0.3) is 22.0 Å². The van der Waals surface area contributed by atoms with E-state index in [4.69, 9.17) is 4.74 Å². The minimum Gasteiger partial charge on any atom is -0.493 e. The van der Waals surface area contributed by atoms with Crippen LogP contribution in [0.2, 0.25) is 0 Å². The Morgan fingerprint density at radius 2 is 1.97 bits per heavy atom. The van der Waals surface area contributed by atoms with Crippen LogP contribution in [0.3, 0.4) is 0 Å². The van der Waals surface area contributed by atoms with E-state index in [1.807, 2.05) is 20.8 Å². The molecule has 4 rings (SSSR count). The first kappa shape index (κ1) is 24.9. The van der Waals surface area contributed by atoms with Gasteiger partial charge in [0, 0.05) is 41.9 Å². The Kier molecular flexibility index (Phi) is 8.32. The van der Waals surface area contributed by atoms with Gasteiger partial charge in [0.1, 0.15) is 11.6 Å². The lowest BCUT2D eigenvalue weighted by Crippen LogP contribution is -2.26. The number of hydrogen-bond donors (Lipinski definition) is 2. The van der Waals surface area contributed by atoms with Gasteiger partial charge in [-0.1, -0.05) is 26.0 Å². The third-order valence-electron chi connectivity index (χ3n) is 5.22. The molecule has 8 heteroatoms. The normalized spacial score (nSPS) is 10.5. The maximum atomic E-state index is 13.7. The third kappa shape index (κ3) is 5.23. The molecule has 34 heavy (non-hydrogen) atoms. The average Bonchev–Trinajstić information content (AvgIpc) is 3.36. The highest BCUT2D eigenvalue weighted by molar-refractivity contribution is 5.96. The van der Waals surface area contributed by atoms with E-state index in [9.17, 15) is 14.3 Å². The topological polar surface area (TPSA) is 91.3 Å². The monoisotopic (exact) mass is 464 g/mol. The molecule has 7 nitrogen and oxygen atoms in total. The number of carbonyl (C=O) groups excluding carboxylic acids is 1. The number of nitrogens with one attached hydrogen (secondary N) is 1. The molecule has 2 N–H and O–H groups in total. The van der Waals surface area contributed by atoms with Gasteiger partial charge in [-0.2, -0.15) is 5.10 Å². The van der Waals surface area contributed by atoms with Crippen LogP contribution < -0.4 is 4.74 Å². The Bertz CT molecular complexity index is 1270. The summed E-state index contributed by atoms with van der Waals surface area (Å²) in [5.41, 5.74) is 3.90. The van der Waals surface area contributed by atoms with E-state index in [-0.39, 0.29) is 18.3 Å². The van der Waals surface area contributed by atoms with Gasteiger partial charge >= 0.3 is 0 Å². The third-order valence-corrected chi connectivity index (χ3v) is 5.22. The number of aliphatic hydroxyl groups excluding tert-OH is 1. The molecule has 178 valence electrons. The van der Waals surface area contributed by atoms with Crippen molar-refractivity contribution in [1.82, 2.24) is 20.1 Å². The van der Waals surface area contributed by atoms with E-state index in [1.165, 1.54) is 12.1 Å². The van der Waals surface area contributed by atoms with Gasteiger partial charge in [0.25, 0.3) is 5.91 Å².